The zero-order valence-electron chi connectivity index (χ0n) is 14.3. The van der Waals surface area contributed by atoms with Crippen molar-refractivity contribution in [3.05, 3.63) is 65.9 Å². The highest BCUT2D eigenvalue weighted by Gasteiger charge is 2.26. The maximum Gasteiger partial charge on any atom is 0.267 e. The smallest absolute Gasteiger partial charge is 0.267 e. The summed E-state index contributed by atoms with van der Waals surface area (Å²) in [5.41, 5.74) is 5.87. The Labute approximate surface area is 155 Å². The van der Waals surface area contributed by atoms with Crippen LogP contribution in [0.1, 0.15) is 11.1 Å². The molecule has 1 atom stereocenters. The summed E-state index contributed by atoms with van der Waals surface area (Å²) in [4.78, 5) is 26.9. The summed E-state index contributed by atoms with van der Waals surface area (Å²) in [6, 6.07) is 13.1. The lowest BCUT2D eigenvalue weighted by molar-refractivity contribution is -0.124. The SMILES string of the molecule is O=C(/C=C/c1ccc2c(c1)NC(=O)[C@@H](Cc1c[nH]c3ccccc13)N2)NO. The standard InChI is InChI=1S/C20H18N4O3/c25-19(24-27)8-6-12-5-7-16-17(9-12)23-20(26)18(22-16)10-13-11-21-15-4-2-1-3-14(13)15/h1-9,11,18,21-22,27H,10H2,(H,23,26)(H,24,25)/b8-6+/t18-/m1/s1. The number of para-hydroxylation sites is 1. The molecular formula is C20H18N4O3. The summed E-state index contributed by atoms with van der Waals surface area (Å²) in [7, 11) is 0. The van der Waals surface area contributed by atoms with Crippen LogP contribution in [0.3, 0.4) is 0 Å². The highest BCUT2D eigenvalue weighted by atomic mass is 16.5. The van der Waals surface area contributed by atoms with Crippen LogP contribution in [0.2, 0.25) is 0 Å². The quantitative estimate of drug-likeness (QED) is 0.279. The topological polar surface area (TPSA) is 106 Å². The molecule has 7 heteroatoms. The second-order valence-electron chi connectivity index (χ2n) is 6.36. The van der Waals surface area contributed by atoms with Crippen LogP contribution in [0.4, 0.5) is 11.4 Å². The van der Waals surface area contributed by atoms with Crippen molar-refractivity contribution in [3.63, 3.8) is 0 Å². The fraction of sp³-hybridized carbons (Fsp3) is 0.100. The fourth-order valence-corrected chi connectivity index (χ4v) is 3.24. The van der Waals surface area contributed by atoms with Gasteiger partial charge >= 0.3 is 0 Å². The zero-order chi connectivity index (χ0) is 18.8. The van der Waals surface area contributed by atoms with Crippen molar-refractivity contribution < 1.29 is 14.8 Å². The second kappa shape index (κ2) is 6.97. The monoisotopic (exact) mass is 362 g/mol. The van der Waals surface area contributed by atoms with Crippen LogP contribution in [0, 0.1) is 0 Å². The first-order valence-electron chi connectivity index (χ1n) is 8.52. The van der Waals surface area contributed by atoms with Crippen molar-refractivity contribution in [3.8, 4) is 0 Å². The number of H-pyrrole nitrogens is 1. The minimum absolute atomic E-state index is 0.109. The van der Waals surface area contributed by atoms with Gasteiger partial charge in [0.15, 0.2) is 0 Å². The molecular weight excluding hydrogens is 344 g/mol. The molecule has 0 aliphatic carbocycles. The minimum Gasteiger partial charge on any atom is -0.372 e. The molecule has 4 rings (SSSR count). The third kappa shape index (κ3) is 3.40. The summed E-state index contributed by atoms with van der Waals surface area (Å²) >= 11 is 0. The van der Waals surface area contributed by atoms with Gasteiger partial charge in [-0.1, -0.05) is 24.3 Å². The summed E-state index contributed by atoms with van der Waals surface area (Å²) < 4.78 is 0. The Kier molecular flexibility index (Phi) is 4.35. The molecule has 0 fully saturated rings. The zero-order valence-corrected chi connectivity index (χ0v) is 14.3. The van der Waals surface area contributed by atoms with Gasteiger partial charge in [-0.2, -0.15) is 0 Å². The molecule has 0 spiro atoms. The Morgan fingerprint density at radius 1 is 1.19 bits per heavy atom. The molecule has 1 aliphatic rings. The average Bonchev–Trinajstić information content (AvgIpc) is 3.09. The molecule has 0 radical (unpaired) electrons. The van der Waals surface area contributed by atoms with E-state index in [9.17, 15) is 9.59 Å². The summed E-state index contributed by atoms with van der Waals surface area (Å²) in [6.45, 7) is 0. The number of nitrogens with one attached hydrogen (secondary N) is 4. The van der Waals surface area contributed by atoms with Crippen molar-refractivity contribution in [1.29, 1.82) is 0 Å². The molecule has 2 aromatic carbocycles. The third-order valence-electron chi connectivity index (χ3n) is 4.58. The van der Waals surface area contributed by atoms with Gasteiger partial charge in [-0.25, -0.2) is 5.48 Å². The maximum atomic E-state index is 12.5. The molecule has 0 saturated heterocycles. The predicted octanol–water partition coefficient (Wildman–Crippen LogP) is 2.66. The lowest BCUT2D eigenvalue weighted by atomic mass is 10.0. The van der Waals surface area contributed by atoms with Crippen LogP contribution in [0.25, 0.3) is 17.0 Å². The van der Waals surface area contributed by atoms with Crippen LogP contribution in [0.15, 0.2) is 54.7 Å². The molecule has 7 nitrogen and oxygen atoms in total. The van der Waals surface area contributed by atoms with Crippen LogP contribution in [0.5, 0.6) is 0 Å². The van der Waals surface area contributed by atoms with E-state index in [2.05, 4.69) is 15.6 Å². The van der Waals surface area contributed by atoms with Crippen LogP contribution in [-0.2, 0) is 16.0 Å². The number of aromatic nitrogens is 1. The summed E-state index contributed by atoms with van der Waals surface area (Å²) in [6.07, 6.45) is 5.26. The van der Waals surface area contributed by atoms with E-state index in [1.807, 2.05) is 42.6 Å². The number of hydroxylamine groups is 1. The lowest BCUT2D eigenvalue weighted by Crippen LogP contribution is -2.40. The number of aromatic amines is 1. The van der Waals surface area contributed by atoms with E-state index in [1.165, 1.54) is 11.6 Å². The Bertz CT molecular complexity index is 1050. The molecule has 2 heterocycles. The van der Waals surface area contributed by atoms with Gasteiger partial charge in [0.2, 0.25) is 5.91 Å². The molecule has 1 aliphatic heterocycles. The molecule has 27 heavy (non-hydrogen) atoms. The number of anilines is 2. The number of benzene rings is 2. The van der Waals surface area contributed by atoms with E-state index >= 15 is 0 Å². The van der Waals surface area contributed by atoms with Crippen LogP contribution in [-0.4, -0.2) is 28.0 Å². The van der Waals surface area contributed by atoms with Crippen LogP contribution >= 0.6 is 0 Å². The number of hydrogen-bond acceptors (Lipinski definition) is 4. The molecule has 5 N–H and O–H groups in total. The van der Waals surface area contributed by atoms with Crippen molar-refractivity contribution in [2.75, 3.05) is 10.6 Å². The van der Waals surface area contributed by atoms with E-state index in [4.69, 9.17) is 5.21 Å². The highest BCUT2D eigenvalue weighted by molar-refractivity contribution is 6.04. The van der Waals surface area contributed by atoms with E-state index in [0.29, 0.717) is 12.1 Å². The molecule has 3 aromatic rings. The fourth-order valence-electron chi connectivity index (χ4n) is 3.24. The van der Waals surface area contributed by atoms with Crippen molar-refractivity contribution in [2.24, 2.45) is 0 Å². The van der Waals surface area contributed by atoms with E-state index in [1.54, 1.807) is 12.1 Å². The highest BCUT2D eigenvalue weighted by Crippen LogP contribution is 2.30. The second-order valence-corrected chi connectivity index (χ2v) is 6.36. The van der Waals surface area contributed by atoms with Crippen molar-refractivity contribution in [1.82, 2.24) is 10.5 Å². The number of carbonyl (C=O) groups is 2. The number of carbonyl (C=O) groups excluding carboxylic acids is 2. The van der Waals surface area contributed by atoms with E-state index in [0.717, 1.165) is 27.7 Å². The molecule has 1 aromatic heterocycles. The lowest BCUT2D eigenvalue weighted by Gasteiger charge is -2.27. The molecule has 0 saturated carbocycles. The predicted molar refractivity (Wildman–Crippen MR) is 103 cm³/mol. The van der Waals surface area contributed by atoms with Gasteiger partial charge in [-0.15, -0.1) is 0 Å². The van der Waals surface area contributed by atoms with Gasteiger partial charge in [0.1, 0.15) is 6.04 Å². The summed E-state index contributed by atoms with van der Waals surface area (Å²) in [5.74, 6) is -0.726. The molecule has 2 amide bonds. The number of rotatable bonds is 4. The molecule has 0 unspecified atom stereocenters. The van der Waals surface area contributed by atoms with Gasteiger partial charge in [0.25, 0.3) is 5.91 Å². The summed E-state index contributed by atoms with van der Waals surface area (Å²) in [5, 5.41) is 15.8. The minimum atomic E-state index is -0.617. The Hall–Kier alpha value is -3.58. The number of amides is 2. The average molecular weight is 362 g/mol. The van der Waals surface area contributed by atoms with Crippen LogP contribution < -0.4 is 16.1 Å². The normalized spacial score (nSPS) is 16.0. The van der Waals surface area contributed by atoms with Crippen molar-refractivity contribution >= 4 is 40.2 Å². The maximum absolute atomic E-state index is 12.5. The Morgan fingerprint density at radius 3 is 2.89 bits per heavy atom. The largest absolute Gasteiger partial charge is 0.372 e. The Morgan fingerprint density at radius 2 is 2.04 bits per heavy atom. The first-order chi connectivity index (χ1) is 13.1. The van der Waals surface area contributed by atoms with Gasteiger partial charge in [0.05, 0.1) is 11.4 Å². The Balaban J connectivity index is 1.54. The molecule has 136 valence electrons. The van der Waals surface area contributed by atoms with Gasteiger partial charge in [-0.3, -0.25) is 14.8 Å². The van der Waals surface area contributed by atoms with E-state index < -0.39 is 5.91 Å². The van der Waals surface area contributed by atoms with E-state index in [-0.39, 0.29) is 11.9 Å². The first-order valence-corrected chi connectivity index (χ1v) is 8.52. The number of fused-ring (bicyclic) bond motifs is 2. The third-order valence-corrected chi connectivity index (χ3v) is 4.58. The first kappa shape index (κ1) is 16.9. The molecule has 0 bridgehead atoms. The van der Waals surface area contributed by atoms with Crippen molar-refractivity contribution in [2.45, 2.75) is 12.5 Å². The number of hydrogen-bond donors (Lipinski definition) is 5. The van der Waals surface area contributed by atoms with Gasteiger partial charge in [0, 0.05) is 29.6 Å². The van der Waals surface area contributed by atoms with Gasteiger partial charge in [-0.05, 0) is 35.4 Å². The van der Waals surface area contributed by atoms with Gasteiger partial charge < -0.3 is 15.6 Å².